The van der Waals surface area contributed by atoms with Crippen LogP contribution in [0.1, 0.15) is 44.5 Å². The highest BCUT2D eigenvalue weighted by molar-refractivity contribution is 5.77. The van der Waals surface area contributed by atoms with Crippen molar-refractivity contribution in [2.24, 2.45) is 11.7 Å². The van der Waals surface area contributed by atoms with E-state index in [4.69, 9.17) is 5.73 Å². The van der Waals surface area contributed by atoms with Crippen LogP contribution in [0.15, 0.2) is 18.2 Å². The van der Waals surface area contributed by atoms with Gasteiger partial charge in [0.1, 0.15) is 11.3 Å². The van der Waals surface area contributed by atoms with Gasteiger partial charge in [0.2, 0.25) is 0 Å². The van der Waals surface area contributed by atoms with Crippen LogP contribution in [0.4, 0.5) is 4.39 Å². The van der Waals surface area contributed by atoms with E-state index in [1.165, 1.54) is 6.07 Å². The molecule has 4 heteroatoms. The van der Waals surface area contributed by atoms with E-state index in [2.05, 4.69) is 23.4 Å². The minimum atomic E-state index is -0.238. The van der Waals surface area contributed by atoms with E-state index in [1.54, 1.807) is 6.07 Å². The molecule has 102 valence electrons. The number of fused-ring (bicyclic) bond motifs is 1. The fourth-order valence-corrected chi connectivity index (χ4v) is 2.75. The van der Waals surface area contributed by atoms with Gasteiger partial charge >= 0.3 is 0 Å². The van der Waals surface area contributed by atoms with E-state index < -0.39 is 0 Å². The largest absolute Gasteiger partial charge is 0.330 e. The maximum Gasteiger partial charge on any atom is 0.151 e. The van der Waals surface area contributed by atoms with Gasteiger partial charge in [-0.3, -0.25) is 0 Å². The minimum Gasteiger partial charge on any atom is -0.330 e. The molecule has 1 aromatic carbocycles. The van der Waals surface area contributed by atoms with Gasteiger partial charge in [-0.2, -0.15) is 0 Å². The molecule has 0 radical (unpaired) electrons. The Morgan fingerprint density at radius 2 is 2.16 bits per heavy atom. The molecule has 2 N–H and O–H groups in total. The molecule has 0 saturated heterocycles. The highest BCUT2D eigenvalue weighted by atomic mass is 19.1. The molecule has 2 aromatic rings. The standard InChI is InChI=1S/C15H20FN3/c1-9(2)11(8-17)15-18-14-12(16)4-3-5-13(14)19(15)10-6-7-10/h3-5,9-11H,6-8,17H2,1-2H3. The second-order valence-corrected chi connectivity index (χ2v) is 5.76. The second-order valence-electron chi connectivity index (χ2n) is 5.76. The first kappa shape index (κ1) is 12.6. The Morgan fingerprint density at radius 3 is 2.74 bits per heavy atom. The molecule has 3 rings (SSSR count). The van der Waals surface area contributed by atoms with E-state index in [-0.39, 0.29) is 11.7 Å². The number of benzene rings is 1. The number of halogens is 1. The fraction of sp³-hybridized carbons (Fsp3) is 0.533. The summed E-state index contributed by atoms with van der Waals surface area (Å²) in [6.45, 7) is 4.84. The smallest absolute Gasteiger partial charge is 0.151 e. The Morgan fingerprint density at radius 1 is 1.42 bits per heavy atom. The normalized spacial score (nSPS) is 17.3. The van der Waals surface area contributed by atoms with Crippen LogP contribution >= 0.6 is 0 Å². The number of hydrogen-bond donors (Lipinski definition) is 1. The average Bonchev–Trinajstić information content (AvgIpc) is 3.12. The zero-order valence-corrected chi connectivity index (χ0v) is 11.4. The lowest BCUT2D eigenvalue weighted by Gasteiger charge is -2.20. The summed E-state index contributed by atoms with van der Waals surface area (Å²) in [6, 6.07) is 5.67. The Labute approximate surface area is 112 Å². The Bertz CT molecular complexity index is 599. The number of hydrogen-bond acceptors (Lipinski definition) is 2. The van der Waals surface area contributed by atoms with Gasteiger partial charge in [0.15, 0.2) is 5.82 Å². The summed E-state index contributed by atoms with van der Waals surface area (Å²) < 4.78 is 16.1. The van der Waals surface area contributed by atoms with Crippen LogP contribution in [-0.2, 0) is 0 Å². The molecule has 1 aliphatic carbocycles. The predicted molar refractivity (Wildman–Crippen MR) is 74.6 cm³/mol. The van der Waals surface area contributed by atoms with Crippen molar-refractivity contribution >= 4 is 11.0 Å². The second kappa shape index (κ2) is 4.60. The maximum absolute atomic E-state index is 13.9. The molecule has 1 unspecified atom stereocenters. The molecule has 1 aliphatic rings. The first-order chi connectivity index (χ1) is 9.13. The summed E-state index contributed by atoms with van der Waals surface area (Å²) in [5, 5.41) is 0. The van der Waals surface area contributed by atoms with E-state index in [0.29, 0.717) is 24.0 Å². The molecular formula is C15H20FN3. The fourth-order valence-electron chi connectivity index (χ4n) is 2.75. The van der Waals surface area contributed by atoms with Crippen LogP contribution in [0.3, 0.4) is 0 Å². The molecule has 1 heterocycles. The average molecular weight is 261 g/mol. The van der Waals surface area contributed by atoms with Gasteiger partial charge in [-0.25, -0.2) is 9.37 Å². The van der Waals surface area contributed by atoms with Crippen LogP contribution in [0.25, 0.3) is 11.0 Å². The number of aromatic nitrogens is 2. The lowest BCUT2D eigenvalue weighted by molar-refractivity contribution is 0.464. The first-order valence-corrected chi connectivity index (χ1v) is 7.00. The molecule has 3 nitrogen and oxygen atoms in total. The molecular weight excluding hydrogens is 241 g/mol. The molecule has 1 saturated carbocycles. The number of para-hydroxylation sites is 1. The summed E-state index contributed by atoms with van der Waals surface area (Å²) in [7, 11) is 0. The van der Waals surface area contributed by atoms with Gasteiger partial charge < -0.3 is 10.3 Å². The Balaban J connectivity index is 2.22. The predicted octanol–water partition coefficient (Wildman–Crippen LogP) is 3.21. The third-order valence-electron chi connectivity index (χ3n) is 4.00. The highest BCUT2D eigenvalue weighted by Gasteiger charge is 2.32. The quantitative estimate of drug-likeness (QED) is 0.918. The molecule has 0 aliphatic heterocycles. The SMILES string of the molecule is CC(C)C(CN)c1nc2c(F)cccc2n1C1CC1. The zero-order valence-electron chi connectivity index (χ0n) is 11.4. The summed E-state index contributed by atoms with van der Waals surface area (Å²) in [5.41, 5.74) is 7.31. The lowest BCUT2D eigenvalue weighted by atomic mass is 9.95. The van der Waals surface area contributed by atoms with E-state index in [9.17, 15) is 4.39 Å². The molecule has 0 amide bonds. The van der Waals surface area contributed by atoms with E-state index in [0.717, 1.165) is 24.2 Å². The van der Waals surface area contributed by atoms with Crippen LogP contribution in [0.5, 0.6) is 0 Å². The van der Waals surface area contributed by atoms with Crippen molar-refractivity contribution in [2.75, 3.05) is 6.54 Å². The third-order valence-corrected chi connectivity index (χ3v) is 4.00. The highest BCUT2D eigenvalue weighted by Crippen LogP contribution is 2.41. The summed E-state index contributed by atoms with van der Waals surface area (Å²) in [5.74, 6) is 1.31. The third kappa shape index (κ3) is 2.04. The van der Waals surface area contributed by atoms with Crippen molar-refractivity contribution in [3.8, 4) is 0 Å². The van der Waals surface area contributed by atoms with Gasteiger partial charge in [0.25, 0.3) is 0 Å². The topological polar surface area (TPSA) is 43.8 Å². The molecule has 1 fully saturated rings. The first-order valence-electron chi connectivity index (χ1n) is 7.00. The van der Waals surface area contributed by atoms with Gasteiger partial charge in [0, 0.05) is 18.5 Å². The molecule has 0 bridgehead atoms. The van der Waals surface area contributed by atoms with Gasteiger partial charge in [-0.05, 0) is 30.9 Å². The van der Waals surface area contributed by atoms with Crippen molar-refractivity contribution in [1.29, 1.82) is 0 Å². The van der Waals surface area contributed by atoms with E-state index >= 15 is 0 Å². The van der Waals surface area contributed by atoms with Crippen LogP contribution < -0.4 is 5.73 Å². The number of nitrogens with zero attached hydrogens (tertiary/aromatic N) is 2. The molecule has 0 spiro atoms. The van der Waals surface area contributed by atoms with Crippen LogP contribution in [0.2, 0.25) is 0 Å². The summed E-state index contributed by atoms with van der Waals surface area (Å²) in [4.78, 5) is 4.57. The maximum atomic E-state index is 13.9. The zero-order chi connectivity index (χ0) is 13.6. The molecule has 19 heavy (non-hydrogen) atoms. The van der Waals surface area contributed by atoms with Gasteiger partial charge in [-0.15, -0.1) is 0 Å². The lowest BCUT2D eigenvalue weighted by Crippen LogP contribution is -2.21. The molecule has 1 atom stereocenters. The molecule has 1 aromatic heterocycles. The van der Waals surface area contributed by atoms with Gasteiger partial charge in [0.05, 0.1) is 5.52 Å². The van der Waals surface area contributed by atoms with Crippen LogP contribution in [0, 0.1) is 11.7 Å². The summed E-state index contributed by atoms with van der Waals surface area (Å²) in [6.07, 6.45) is 2.31. The van der Waals surface area contributed by atoms with Crippen molar-refractivity contribution in [3.05, 3.63) is 29.8 Å². The van der Waals surface area contributed by atoms with Crippen LogP contribution in [-0.4, -0.2) is 16.1 Å². The Hall–Kier alpha value is -1.42. The van der Waals surface area contributed by atoms with Crippen molar-refractivity contribution in [2.45, 2.75) is 38.6 Å². The van der Waals surface area contributed by atoms with E-state index in [1.807, 2.05) is 6.07 Å². The number of rotatable bonds is 4. The number of imidazole rings is 1. The summed E-state index contributed by atoms with van der Waals surface area (Å²) >= 11 is 0. The monoisotopic (exact) mass is 261 g/mol. The van der Waals surface area contributed by atoms with Crippen molar-refractivity contribution in [1.82, 2.24) is 9.55 Å². The van der Waals surface area contributed by atoms with Crippen molar-refractivity contribution in [3.63, 3.8) is 0 Å². The Kier molecular flexibility index (Phi) is 3.05. The minimum absolute atomic E-state index is 0.187. The number of nitrogens with two attached hydrogens (primary N) is 1. The van der Waals surface area contributed by atoms with Crippen molar-refractivity contribution < 1.29 is 4.39 Å². The van der Waals surface area contributed by atoms with Gasteiger partial charge in [-0.1, -0.05) is 19.9 Å².